The molecule has 0 bridgehead atoms. The molecule has 0 spiro atoms. The summed E-state index contributed by atoms with van der Waals surface area (Å²) < 4.78 is 7.08. The number of hydrogen-bond acceptors (Lipinski definition) is 4. The summed E-state index contributed by atoms with van der Waals surface area (Å²) in [4.78, 5) is 30.0. The van der Waals surface area contributed by atoms with Crippen LogP contribution in [0.25, 0.3) is 11.0 Å². The van der Waals surface area contributed by atoms with Gasteiger partial charge < -0.3 is 9.30 Å². The first-order chi connectivity index (χ1) is 10.7. The monoisotopic (exact) mass is 317 g/mol. The second kappa shape index (κ2) is 6.40. The summed E-state index contributed by atoms with van der Waals surface area (Å²) >= 11 is 0. The van der Waals surface area contributed by atoms with Gasteiger partial charge in [0, 0.05) is 20.5 Å². The zero-order valence-electron chi connectivity index (χ0n) is 14.3. The summed E-state index contributed by atoms with van der Waals surface area (Å²) in [6.45, 7) is 5.41. The first kappa shape index (κ1) is 17.0. The van der Waals surface area contributed by atoms with E-state index in [1.807, 2.05) is 35.9 Å². The second-order valence-corrected chi connectivity index (χ2v) is 6.50. The Morgan fingerprint density at radius 1 is 1.22 bits per heavy atom. The highest BCUT2D eigenvalue weighted by Crippen LogP contribution is 2.21. The number of amides is 1. The van der Waals surface area contributed by atoms with Gasteiger partial charge in [-0.3, -0.25) is 14.5 Å². The number of ether oxygens (including phenoxy) is 1. The number of hydrogen-bond donors (Lipinski definition) is 0. The average molecular weight is 317 g/mol. The number of para-hydroxylation sites is 2. The van der Waals surface area contributed by atoms with E-state index in [-0.39, 0.29) is 24.7 Å². The molecule has 6 heteroatoms. The van der Waals surface area contributed by atoms with Gasteiger partial charge in [0.05, 0.1) is 17.5 Å². The van der Waals surface area contributed by atoms with Gasteiger partial charge >= 0.3 is 5.97 Å². The lowest BCUT2D eigenvalue weighted by atomic mass is 10.2. The second-order valence-electron chi connectivity index (χ2n) is 6.50. The molecule has 0 radical (unpaired) electrons. The van der Waals surface area contributed by atoms with E-state index >= 15 is 0 Å². The molecule has 0 aliphatic heterocycles. The number of aromatic nitrogens is 2. The molecule has 2 aromatic rings. The predicted molar refractivity (Wildman–Crippen MR) is 89.2 cm³/mol. The molecule has 0 atom stereocenters. The number of aryl methyl sites for hydroxylation is 1. The standard InChI is InChI=1S/C17H23N3O3/c1-17(2,3)23-15(22)11-10-14(21)20(5)16-18-12-8-6-7-9-13(12)19(16)4/h6-9H,10-11H2,1-5H3. The van der Waals surface area contributed by atoms with E-state index in [0.29, 0.717) is 5.95 Å². The molecule has 23 heavy (non-hydrogen) atoms. The van der Waals surface area contributed by atoms with Crippen LogP contribution in [-0.4, -0.2) is 34.1 Å². The van der Waals surface area contributed by atoms with Gasteiger partial charge in [-0.1, -0.05) is 12.1 Å². The fourth-order valence-corrected chi connectivity index (χ4v) is 2.31. The van der Waals surface area contributed by atoms with Crippen LogP contribution in [0, 0.1) is 0 Å². The molecule has 1 aromatic carbocycles. The van der Waals surface area contributed by atoms with Gasteiger partial charge in [0.2, 0.25) is 11.9 Å². The first-order valence-electron chi connectivity index (χ1n) is 7.59. The van der Waals surface area contributed by atoms with Gasteiger partial charge in [0.25, 0.3) is 0 Å². The molecule has 1 heterocycles. The third kappa shape index (κ3) is 4.09. The van der Waals surface area contributed by atoms with Crippen LogP contribution in [0.1, 0.15) is 33.6 Å². The van der Waals surface area contributed by atoms with E-state index in [4.69, 9.17) is 4.74 Å². The van der Waals surface area contributed by atoms with E-state index in [0.717, 1.165) is 11.0 Å². The zero-order valence-corrected chi connectivity index (χ0v) is 14.3. The SMILES string of the molecule is CN(C(=O)CCC(=O)OC(C)(C)C)c1nc2ccccc2n1C. The number of carbonyl (C=O) groups excluding carboxylic acids is 2. The molecule has 6 nitrogen and oxygen atoms in total. The van der Waals surface area contributed by atoms with E-state index in [9.17, 15) is 9.59 Å². The van der Waals surface area contributed by atoms with Crippen molar-refractivity contribution in [2.75, 3.05) is 11.9 Å². The van der Waals surface area contributed by atoms with E-state index in [1.165, 1.54) is 4.90 Å². The molecule has 1 aromatic heterocycles. The van der Waals surface area contributed by atoms with Crippen LogP contribution < -0.4 is 4.90 Å². The lowest BCUT2D eigenvalue weighted by molar-refractivity contribution is -0.155. The van der Waals surface area contributed by atoms with E-state index in [1.54, 1.807) is 27.8 Å². The Morgan fingerprint density at radius 3 is 2.48 bits per heavy atom. The number of fused-ring (bicyclic) bond motifs is 1. The molecular weight excluding hydrogens is 294 g/mol. The Balaban J connectivity index is 2.04. The Bertz CT molecular complexity index is 728. The maximum Gasteiger partial charge on any atom is 0.306 e. The van der Waals surface area contributed by atoms with Crippen molar-refractivity contribution in [2.45, 2.75) is 39.2 Å². The van der Waals surface area contributed by atoms with Crippen molar-refractivity contribution < 1.29 is 14.3 Å². The summed E-state index contributed by atoms with van der Waals surface area (Å²) in [7, 11) is 3.53. The maximum atomic E-state index is 12.3. The van der Waals surface area contributed by atoms with Gasteiger partial charge in [0.15, 0.2) is 0 Å². The minimum absolute atomic E-state index is 0.0599. The lowest BCUT2D eigenvalue weighted by Crippen LogP contribution is -2.30. The minimum Gasteiger partial charge on any atom is -0.460 e. The molecule has 0 saturated carbocycles. The van der Waals surface area contributed by atoms with Crippen molar-refractivity contribution in [2.24, 2.45) is 7.05 Å². The normalized spacial score (nSPS) is 11.5. The highest BCUT2D eigenvalue weighted by molar-refractivity contribution is 5.94. The van der Waals surface area contributed by atoms with Crippen LogP contribution in [0.4, 0.5) is 5.95 Å². The lowest BCUT2D eigenvalue weighted by Gasteiger charge is -2.20. The number of benzene rings is 1. The highest BCUT2D eigenvalue weighted by atomic mass is 16.6. The summed E-state index contributed by atoms with van der Waals surface area (Å²) in [5.41, 5.74) is 1.25. The first-order valence-corrected chi connectivity index (χ1v) is 7.59. The summed E-state index contributed by atoms with van der Waals surface area (Å²) in [5.74, 6) is 0.0129. The van der Waals surface area contributed by atoms with Crippen molar-refractivity contribution in [3.63, 3.8) is 0 Å². The van der Waals surface area contributed by atoms with Crippen molar-refractivity contribution in [3.05, 3.63) is 24.3 Å². The molecule has 1 amide bonds. The molecule has 0 unspecified atom stereocenters. The van der Waals surface area contributed by atoms with Crippen molar-refractivity contribution in [1.82, 2.24) is 9.55 Å². The number of imidazole rings is 1. The van der Waals surface area contributed by atoms with Gasteiger partial charge in [0.1, 0.15) is 5.60 Å². The molecule has 0 N–H and O–H groups in total. The molecule has 124 valence electrons. The summed E-state index contributed by atoms with van der Waals surface area (Å²) in [6.07, 6.45) is 0.152. The number of esters is 1. The van der Waals surface area contributed by atoms with Crippen LogP contribution in [0.2, 0.25) is 0 Å². The summed E-state index contributed by atoms with van der Waals surface area (Å²) in [5, 5.41) is 0. The number of anilines is 1. The fraction of sp³-hybridized carbons (Fsp3) is 0.471. The van der Waals surface area contributed by atoms with Crippen LogP contribution in [0.5, 0.6) is 0 Å². The third-order valence-electron chi connectivity index (χ3n) is 3.40. The van der Waals surface area contributed by atoms with Crippen molar-refractivity contribution in [1.29, 1.82) is 0 Å². The molecule has 0 aliphatic rings. The third-order valence-corrected chi connectivity index (χ3v) is 3.40. The van der Waals surface area contributed by atoms with Crippen molar-refractivity contribution >= 4 is 28.9 Å². The number of rotatable bonds is 4. The average Bonchev–Trinajstić information content (AvgIpc) is 2.80. The van der Waals surface area contributed by atoms with Gasteiger partial charge in [-0.25, -0.2) is 4.98 Å². The molecule has 2 rings (SSSR count). The Kier molecular flexibility index (Phi) is 4.73. The zero-order chi connectivity index (χ0) is 17.2. The van der Waals surface area contributed by atoms with Crippen LogP contribution in [0.15, 0.2) is 24.3 Å². The van der Waals surface area contributed by atoms with Crippen LogP contribution in [-0.2, 0) is 21.4 Å². The number of carbonyl (C=O) groups is 2. The summed E-state index contributed by atoms with van der Waals surface area (Å²) in [6, 6.07) is 7.68. The predicted octanol–water partition coefficient (Wildman–Crippen LogP) is 2.66. The Morgan fingerprint density at radius 2 is 1.87 bits per heavy atom. The largest absolute Gasteiger partial charge is 0.460 e. The minimum atomic E-state index is -0.538. The topological polar surface area (TPSA) is 64.4 Å². The molecule has 0 saturated heterocycles. The Hall–Kier alpha value is -2.37. The van der Waals surface area contributed by atoms with Crippen LogP contribution >= 0.6 is 0 Å². The quantitative estimate of drug-likeness (QED) is 0.813. The van der Waals surface area contributed by atoms with Gasteiger partial charge in [-0.2, -0.15) is 0 Å². The smallest absolute Gasteiger partial charge is 0.306 e. The highest BCUT2D eigenvalue weighted by Gasteiger charge is 2.21. The maximum absolute atomic E-state index is 12.3. The number of nitrogens with zero attached hydrogens (tertiary/aromatic N) is 3. The van der Waals surface area contributed by atoms with Gasteiger partial charge in [-0.15, -0.1) is 0 Å². The van der Waals surface area contributed by atoms with Crippen LogP contribution in [0.3, 0.4) is 0 Å². The Labute approximate surface area is 136 Å². The van der Waals surface area contributed by atoms with E-state index in [2.05, 4.69) is 4.98 Å². The molecule has 0 fully saturated rings. The molecular formula is C17H23N3O3. The molecule has 0 aliphatic carbocycles. The van der Waals surface area contributed by atoms with E-state index < -0.39 is 5.60 Å². The fourth-order valence-electron chi connectivity index (χ4n) is 2.31. The van der Waals surface area contributed by atoms with Gasteiger partial charge in [-0.05, 0) is 32.9 Å². The van der Waals surface area contributed by atoms with Crippen molar-refractivity contribution in [3.8, 4) is 0 Å².